The molecular weight excluding hydrogens is 276 g/mol. The molecule has 3 aromatic rings. The van der Waals surface area contributed by atoms with Gasteiger partial charge in [0.1, 0.15) is 5.75 Å². The second kappa shape index (κ2) is 4.75. The summed E-state index contributed by atoms with van der Waals surface area (Å²) >= 11 is 0. The average Bonchev–Trinajstić information content (AvgIpc) is 2.92. The van der Waals surface area contributed by atoms with E-state index in [1.54, 1.807) is 25.1 Å². The lowest BCUT2D eigenvalue weighted by molar-refractivity contribution is -0.383. The van der Waals surface area contributed by atoms with Crippen LogP contribution in [0.1, 0.15) is 5.56 Å². The fraction of sp³-hybridized carbons (Fsp3) is 0.0769. The molecule has 0 saturated carbocycles. The molecule has 0 radical (unpaired) electrons. The van der Waals surface area contributed by atoms with E-state index in [2.05, 4.69) is 20.3 Å². The molecule has 0 spiro atoms. The summed E-state index contributed by atoms with van der Waals surface area (Å²) in [4.78, 5) is 10.4. The Hall–Kier alpha value is -3.16. The van der Waals surface area contributed by atoms with Gasteiger partial charge >= 0.3 is 5.69 Å². The van der Waals surface area contributed by atoms with Crippen molar-refractivity contribution in [1.82, 2.24) is 10.3 Å². The topological polar surface area (TPSA) is 114 Å². The summed E-state index contributed by atoms with van der Waals surface area (Å²) in [6.07, 6.45) is 0. The van der Waals surface area contributed by atoms with Crippen LogP contribution < -0.4 is 5.32 Å². The number of hydrogen-bond acceptors (Lipinski definition) is 7. The molecule has 106 valence electrons. The zero-order valence-corrected chi connectivity index (χ0v) is 10.9. The zero-order valence-electron chi connectivity index (χ0n) is 10.9. The highest BCUT2D eigenvalue weighted by Gasteiger charge is 2.19. The van der Waals surface area contributed by atoms with Crippen molar-refractivity contribution in [1.29, 1.82) is 0 Å². The molecule has 3 rings (SSSR count). The largest absolute Gasteiger partial charge is 0.508 e. The summed E-state index contributed by atoms with van der Waals surface area (Å²) in [6.45, 7) is 1.77. The Bertz CT molecular complexity index is 843. The third-order valence-electron chi connectivity index (χ3n) is 3.07. The zero-order chi connectivity index (χ0) is 15.0. The summed E-state index contributed by atoms with van der Waals surface area (Å²) in [7, 11) is 0. The van der Waals surface area contributed by atoms with Gasteiger partial charge in [0, 0.05) is 11.8 Å². The van der Waals surface area contributed by atoms with Gasteiger partial charge in [-0.1, -0.05) is 0 Å². The first-order valence-corrected chi connectivity index (χ1v) is 6.02. The number of nitrogens with one attached hydrogen (secondary N) is 1. The van der Waals surface area contributed by atoms with Gasteiger partial charge in [-0.05, 0) is 47.1 Å². The molecule has 0 unspecified atom stereocenters. The molecule has 0 aliphatic carbocycles. The van der Waals surface area contributed by atoms with Crippen LogP contribution in [0.3, 0.4) is 0 Å². The monoisotopic (exact) mass is 286 g/mol. The van der Waals surface area contributed by atoms with E-state index in [1.165, 1.54) is 12.1 Å². The highest BCUT2D eigenvalue weighted by molar-refractivity contribution is 5.94. The fourth-order valence-electron chi connectivity index (χ4n) is 1.99. The normalized spacial score (nSPS) is 10.7. The van der Waals surface area contributed by atoms with Crippen molar-refractivity contribution in [2.45, 2.75) is 6.92 Å². The number of aromatic nitrogens is 2. The molecule has 8 heteroatoms. The Balaban J connectivity index is 2.05. The van der Waals surface area contributed by atoms with Crippen LogP contribution in [-0.4, -0.2) is 20.3 Å². The summed E-state index contributed by atoms with van der Waals surface area (Å²) in [5.41, 5.74) is 2.14. The van der Waals surface area contributed by atoms with Crippen LogP contribution in [0.2, 0.25) is 0 Å². The number of aromatic hydroxyl groups is 1. The van der Waals surface area contributed by atoms with Crippen LogP contribution >= 0.6 is 0 Å². The maximum absolute atomic E-state index is 10.9. The van der Waals surface area contributed by atoms with Crippen molar-refractivity contribution >= 4 is 28.1 Å². The van der Waals surface area contributed by atoms with Crippen LogP contribution in [0.4, 0.5) is 17.1 Å². The van der Waals surface area contributed by atoms with Crippen molar-refractivity contribution in [3.8, 4) is 5.75 Å². The molecule has 0 fully saturated rings. The van der Waals surface area contributed by atoms with Crippen LogP contribution in [0.5, 0.6) is 5.75 Å². The fourth-order valence-corrected chi connectivity index (χ4v) is 1.99. The van der Waals surface area contributed by atoms with Gasteiger partial charge in [0.25, 0.3) is 0 Å². The highest BCUT2D eigenvalue weighted by atomic mass is 16.6. The Kier molecular flexibility index (Phi) is 2.90. The summed E-state index contributed by atoms with van der Waals surface area (Å²) in [5, 5.41) is 30.8. The SMILES string of the molecule is Cc1cc(Nc2ccc([N+](=O)[O-])c3nonc23)ccc1O. The summed E-state index contributed by atoms with van der Waals surface area (Å²) in [5.74, 6) is 0.192. The molecule has 0 aliphatic heterocycles. The number of hydrogen-bond donors (Lipinski definition) is 2. The van der Waals surface area contributed by atoms with Crippen molar-refractivity contribution in [3.63, 3.8) is 0 Å². The molecule has 0 atom stereocenters. The molecule has 0 amide bonds. The van der Waals surface area contributed by atoms with Gasteiger partial charge in [-0.15, -0.1) is 0 Å². The van der Waals surface area contributed by atoms with E-state index in [4.69, 9.17) is 0 Å². The summed E-state index contributed by atoms with van der Waals surface area (Å²) < 4.78 is 4.59. The van der Waals surface area contributed by atoms with E-state index in [0.29, 0.717) is 16.9 Å². The molecular formula is C13H10N4O4. The third-order valence-corrected chi connectivity index (χ3v) is 3.07. The molecule has 21 heavy (non-hydrogen) atoms. The highest BCUT2D eigenvalue weighted by Crippen LogP contribution is 2.31. The van der Waals surface area contributed by atoms with Gasteiger partial charge in [-0.2, -0.15) is 0 Å². The molecule has 0 bridgehead atoms. The van der Waals surface area contributed by atoms with Crippen LogP contribution in [-0.2, 0) is 0 Å². The smallest absolute Gasteiger partial charge is 0.300 e. The second-order valence-electron chi connectivity index (χ2n) is 4.48. The van der Waals surface area contributed by atoms with Gasteiger partial charge in [0.15, 0.2) is 5.52 Å². The van der Waals surface area contributed by atoms with Gasteiger partial charge < -0.3 is 10.4 Å². The number of phenols is 1. The van der Waals surface area contributed by atoms with E-state index in [9.17, 15) is 15.2 Å². The Morgan fingerprint density at radius 1 is 1.24 bits per heavy atom. The first kappa shape index (κ1) is 12.9. The number of nitro groups is 1. The number of benzene rings is 2. The van der Waals surface area contributed by atoms with Crippen molar-refractivity contribution in [3.05, 3.63) is 46.0 Å². The number of fused-ring (bicyclic) bond motifs is 1. The maximum Gasteiger partial charge on any atom is 0.300 e. The van der Waals surface area contributed by atoms with Crippen LogP contribution in [0.25, 0.3) is 11.0 Å². The van der Waals surface area contributed by atoms with E-state index in [-0.39, 0.29) is 22.5 Å². The Labute approximate surface area is 118 Å². The minimum atomic E-state index is -0.541. The molecule has 0 aliphatic rings. The van der Waals surface area contributed by atoms with E-state index in [1.807, 2.05) is 0 Å². The molecule has 2 aromatic carbocycles. The molecule has 8 nitrogen and oxygen atoms in total. The number of non-ortho nitro benzene ring substituents is 1. The van der Waals surface area contributed by atoms with E-state index in [0.717, 1.165) is 0 Å². The number of phenolic OH excluding ortho intramolecular Hbond substituents is 1. The van der Waals surface area contributed by atoms with E-state index < -0.39 is 4.92 Å². The number of rotatable bonds is 3. The van der Waals surface area contributed by atoms with Crippen molar-refractivity contribution in [2.24, 2.45) is 0 Å². The quantitative estimate of drug-likeness (QED) is 0.432. The van der Waals surface area contributed by atoms with Crippen molar-refractivity contribution in [2.75, 3.05) is 5.32 Å². The first-order chi connectivity index (χ1) is 10.1. The lowest BCUT2D eigenvalue weighted by Gasteiger charge is -2.08. The standard InChI is InChI=1S/C13H10N4O4/c1-7-6-8(2-5-11(7)18)14-9-3-4-10(17(19)20)13-12(9)15-21-16-13/h2-6,14,18H,1H3. The van der Waals surface area contributed by atoms with Crippen molar-refractivity contribution < 1.29 is 14.7 Å². The van der Waals surface area contributed by atoms with Gasteiger partial charge in [-0.3, -0.25) is 10.1 Å². The first-order valence-electron chi connectivity index (χ1n) is 6.02. The Morgan fingerprint density at radius 3 is 2.71 bits per heavy atom. The van der Waals surface area contributed by atoms with E-state index >= 15 is 0 Å². The third kappa shape index (κ3) is 2.22. The lowest BCUT2D eigenvalue weighted by Crippen LogP contribution is -1.95. The predicted molar refractivity (Wildman–Crippen MR) is 74.6 cm³/mol. The molecule has 1 heterocycles. The van der Waals surface area contributed by atoms with Gasteiger partial charge in [-0.25, -0.2) is 4.63 Å². The van der Waals surface area contributed by atoms with Crippen LogP contribution in [0, 0.1) is 17.0 Å². The Morgan fingerprint density at radius 2 is 2.00 bits per heavy atom. The number of nitro benzene ring substituents is 1. The molecule has 2 N–H and O–H groups in total. The minimum absolute atomic E-state index is 0.0838. The van der Waals surface area contributed by atoms with Gasteiger partial charge in [0.2, 0.25) is 5.52 Å². The lowest BCUT2D eigenvalue weighted by atomic mass is 10.2. The summed E-state index contributed by atoms with van der Waals surface area (Å²) in [6, 6.07) is 7.86. The number of nitrogens with zero attached hydrogens (tertiary/aromatic N) is 3. The van der Waals surface area contributed by atoms with Crippen LogP contribution in [0.15, 0.2) is 35.0 Å². The van der Waals surface area contributed by atoms with Gasteiger partial charge in [0.05, 0.1) is 10.6 Å². The minimum Gasteiger partial charge on any atom is -0.508 e. The predicted octanol–water partition coefficient (Wildman–Crippen LogP) is 2.89. The molecule has 1 aromatic heterocycles. The molecule has 0 saturated heterocycles. The average molecular weight is 286 g/mol. The maximum atomic E-state index is 10.9. The second-order valence-corrected chi connectivity index (χ2v) is 4.48. The number of anilines is 2. The number of aryl methyl sites for hydroxylation is 1.